The first-order valence-electron chi connectivity index (χ1n) is 7.43. The maximum absolute atomic E-state index is 12.5. The van der Waals surface area contributed by atoms with Crippen LogP contribution in [-0.2, 0) is 0 Å². The summed E-state index contributed by atoms with van der Waals surface area (Å²) in [5, 5.41) is 12.8. The Morgan fingerprint density at radius 1 is 1.40 bits per heavy atom. The molecule has 1 aromatic carbocycles. The molecule has 20 heavy (non-hydrogen) atoms. The van der Waals surface area contributed by atoms with E-state index in [2.05, 4.69) is 12.2 Å². The predicted octanol–water partition coefficient (Wildman–Crippen LogP) is 2.41. The molecular weight excluding hydrogens is 252 g/mol. The van der Waals surface area contributed by atoms with Gasteiger partial charge in [-0.25, -0.2) is 0 Å². The highest BCUT2D eigenvalue weighted by Gasteiger charge is 2.23. The highest BCUT2D eigenvalue weighted by Crippen LogP contribution is 2.19. The molecule has 0 saturated carbocycles. The number of rotatable bonds is 4. The molecule has 1 aliphatic heterocycles. The minimum Gasteiger partial charge on any atom is -0.393 e. The second kappa shape index (κ2) is 6.75. The van der Waals surface area contributed by atoms with Crippen LogP contribution in [0.4, 0.5) is 5.69 Å². The van der Waals surface area contributed by atoms with Crippen LogP contribution in [0.1, 0.15) is 42.1 Å². The number of hydrogen-bond donors (Lipinski definition) is 2. The Morgan fingerprint density at radius 3 is 2.70 bits per heavy atom. The zero-order valence-electron chi connectivity index (χ0n) is 12.4. The lowest BCUT2D eigenvalue weighted by Gasteiger charge is -2.30. The molecule has 4 nitrogen and oxygen atoms in total. The van der Waals surface area contributed by atoms with Crippen molar-refractivity contribution in [2.45, 2.75) is 39.2 Å². The van der Waals surface area contributed by atoms with Crippen molar-refractivity contribution in [1.29, 1.82) is 0 Å². The van der Waals surface area contributed by atoms with Crippen LogP contribution < -0.4 is 5.32 Å². The molecule has 0 aliphatic carbocycles. The summed E-state index contributed by atoms with van der Waals surface area (Å²) in [7, 11) is 0. The molecular formula is C16H24N2O2. The number of aliphatic hydroxyl groups excluding tert-OH is 1. The molecule has 1 amide bonds. The zero-order chi connectivity index (χ0) is 14.5. The molecule has 1 aromatic rings. The largest absolute Gasteiger partial charge is 0.393 e. The summed E-state index contributed by atoms with van der Waals surface area (Å²) in [5.74, 6) is 0.0800. The average Bonchev–Trinajstić information content (AvgIpc) is 2.45. The third-order valence-corrected chi connectivity index (χ3v) is 3.79. The number of aryl methyl sites for hydroxylation is 1. The highest BCUT2D eigenvalue weighted by molar-refractivity contribution is 5.96. The molecule has 1 fully saturated rings. The van der Waals surface area contributed by atoms with Crippen LogP contribution in [0.2, 0.25) is 0 Å². The molecule has 0 bridgehead atoms. The van der Waals surface area contributed by atoms with Crippen LogP contribution in [-0.4, -0.2) is 41.7 Å². The van der Waals surface area contributed by atoms with Gasteiger partial charge in [0.1, 0.15) is 0 Å². The molecule has 2 rings (SSSR count). The van der Waals surface area contributed by atoms with E-state index in [4.69, 9.17) is 0 Å². The van der Waals surface area contributed by atoms with Crippen LogP contribution in [0.15, 0.2) is 18.2 Å². The Balaban J connectivity index is 2.06. The molecule has 110 valence electrons. The van der Waals surface area contributed by atoms with Gasteiger partial charge < -0.3 is 15.3 Å². The van der Waals surface area contributed by atoms with Crippen molar-refractivity contribution < 1.29 is 9.90 Å². The number of carbonyl (C=O) groups is 1. The Labute approximate surface area is 120 Å². The zero-order valence-corrected chi connectivity index (χ0v) is 12.4. The van der Waals surface area contributed by atoms with Gasteiger partial charge >= 0.3 is 0 Å². The average molecular weight is 276 g/mol. The van der Waals surface area contributed by atoms with Crippen LogP contribution in [0, 0.1) is 6.92 Å². The topological polar surface area (TPSA) is 52.6 Å². The fraction of sp³-hybridized carbons (Fsp3) is 0.562. The lowest BCUT2D eigenvalue weighted by Crippen LogP contribution is -2.40. The SMILES string of the molecule is CCCNc1ccc(C(=O)N2CCC(O)CC2)c(C)c1. The van der Waals surface area contributed by atoms with Crippen LogP contribution >= 0.6 is 0 Å². The lowest BCUT2D eigenvalue weighted by atomic mass is 10.0. The van der Waals surface area contributed by atoms with Gasteiger partial charge in [-0.05, 0) is 49.9 Å². The monoisotopic (exact) mass is 276 g/mol. The van der Waals surface area contributed by atoms with Crippen molar-refractivity contribution >= 4 is 11.6 Å². The first-order valence-corrected chi connectivity index (χ1v) is 7.43. The molecule has 0 aromatic heterocycles. The first-order chi connectivity index (χ1) is 9.61. The standard InChI is InChI=1S/C16H24N2O2/c1-3-8-17-13-4-5-15(12(2)11-13)16(20)18-9-6-14(19)7-10-18/h4-5,11,14,17,19H,3,6-10H2,1-2H3. The minimum atomic E-state index is -0.249. The van der Waals surface area contributed by atoms with Crippen LogP contribution in [0.25, 0.3) is 0 Å². The van der Waals surface area contributed by atoms with Gasteiger partial charge in [-0.2, -0.15) is 0 Å². The first kappa shape index (κ1) is 14.9. The Bertz CT molecular complexity index is 466. The molecule has 0 atom stereocenters. The van der Waals surface area contributed by atoms with E-state index in [1.54, 1.807) is 0 Å². The van der Waals surface area contributed by atoms with Crippen molar-refractivity contribution in [3.8, 4) is 0 Å². The van der Waals surface area contributed by atoms with Gasteiger partial charge in [-0.3, -0.25) is 4.79 Å². The Hall–Kier alpha value is -1.55. The van der Waals surface area contributed by atoms with Gasteiger partial charge in [0, 0.05) is 30.9 Å². The fourth-order valence-corrected chi connectivity index (χ4v) is 2.52. The van der Waals surface area contributed by atoms with E-state index >= 15 is 0 Å². The van der Waals surface area contributed by atoms with Crippen molar-refractivity contribution in [1.82, 2.24) is 4.90 Å². The molecule has 0 unspecified atom stereocenters. The van der Waals surface area contributed by atoms with Crippen LogP contribution in [0.3, 0.4) is 0 Å². The number of hydrogen-bond acceptors (Lipinski definition) is 3. The van der Waals surface area contributed by atoms with E-state index in [0.29, 0.717) is 25.9 Å². The normalized spacial score (nSPS) is 16.2. The third kappa shape index (κ3) is 3.51. The van der Waals surface area contributed by atoms with Crippen molar-refractivity contribution in [3.63, 3.8) is 0 Å². The number of likely N-dealkylation sites (tertiary alicyclic amines) is 1. The maximum atomic E-state index is 12.5. The van der Waals surface area contributed by atoms with Gasteiger partial charge in [-0.15, -0.1) is 0 Å². The van der Waals surface area contributed by atoms with E-state index in [1.165, 1.54) is 0 Å². The molecule has 2 N–H and O–H groups in total. The van der Waals surface area contributed by atoms with Gasteiger partial charge in [0.15, 0.2) is 0 Å². The third-order valence-electron chi connectivity index (χ3n) is 3.79. The quantitative estimate of drug-likeness (QED) is 0.888. The van der Waals surface area contributed by atoms with Crippen molar-refractivity contribution in [3.05, 3.63) is 29.3 Å². The molecule has 0 spiro atoms. The van der Waals surface area contributed by atoms with Gasteiger partial charge in [0.05, 0.1) is 6.10 Å². The van der Waals surface area contributed by atoms with Crippen LogP contribution in [0.5, 0.6) is 0 Å². The summed E-state index contributed by atoms with van der Waals surface area (Å²) in [5.41, 5.74) is 2.83. The molecule has 4 heteroatoms. The van der Waals surface area contributed by atoms with E-state index in [0.717, 1.165) is 29.8 Å². The maximum Gasteiger partial charge on any atom is 0.254 e. The molecule has 1 saturated heterocycles. The summed E-state index contributed by atoms with van der Waals surface area (Å²) in [4.78, 5) is 14.3. The fourth-order valence-electron chi connectivity index (χ4n) is 2.52. The second-order valence-electron chi connectivity index (χ2n) is 5.48. The summed E-state index contributed by atoms with van der Waals surface area (Å²) in [6.45, 7) is 6.34. The van der Waals surface area contributed by atoms with Gasteiger partial charge in [0.2, 0.25) is 0 Å². The number of aliphatic hydroxyl groups is 1. The summed E-state index contributed by atoms with van der Waals surface area (Å²) in [6, 6.07) is 5.90. The van der Waals surface area contributed by atoms with Crippen molar-refractivity contribution in [2.75, 3.05) is 25.0 Å². The molecule has 0 radical (unpaired) electrons. The highest BCUT2D eigenvalue weighted by atomic mass is 16.3. The number of nitrogens with zero attached hydrogens (tertiary/aromatic N) is 1. The molecule has 1 heterocycles. The van der Waals surface area contributed by atoms with E-state index in [-0.39, 0.29) is 12.0 Å². The summed E-state index contributed by atoms with van der Waals surface area (Å²) in [6.07, 6.45) is 2.19. The smallest absolute Gasteiger partial charge is 0.254 e. The van der Waals surface area contributed by atoms with E-state index < -0.39 is 0 Å². The summed E-state index contributed by atoms with van der Waals surface area (Å²) >= 11 is 0. The number of anilines is 1. The number of piperidine rings is 1. The lowest BCUT2D eigenvalue weighted by molar-refractivity contribution is 0.0546. The molecule has 1 aliphatic rings. The van der Waals surface area contributed by atoms with E-state index in [1.807, 2.05) is 30.0 Å². The van der Waals surface area contributed by atoms with Gasteiger partial charge in [0.25, 0.3) is 5.91 Å². The second-order valence-corrected chi connectivity index (χ2v) is 5.48. The number of benzene rings is 1. The Kier molecular flexibility index (Phi) is 5.01. The Morgan fingerprint density at radius 2 is 2.10 bits per heavy atom. The van der Waals surface area contributed by atoms with Gasteiger partial charge in [-0.1, -0.05) is 6.92 Å². The minimum absolute atomic E-state index is 0.0800. The number of nitrogens with one attached hydrogen (secondary N) is 1. The predicted molar refractivity (Wildman–Crippen MR) is 81.1 cm³/mol. The van der Waals surface area contributed by atoms with Crippen molar-refractivity contribution in [2.24, 2.45) is 0 Å². The summed E-state index contributed by atoms with van der Waals surface area (Å²) < 4.78 is 0. The number of amides is 1. The van der Waals surface area contributed by atoms with E-state index in [9.17, 15) is 9.90 Å². The number of carbonyl (C=O) groups excluding carboxylic acids is 1.